The number of fused-ring (bicyclic) bond motifs is 1. The minimum Gasteiger partial charge on any atom is -0.468 e. The van der Waals surface area contributed by atoms with Crippen molar-refractivity contribution in [2.24, 2.45) is 0 Å². The van der Waals surface area contributed by atoms with E-state index in [9.17, 15) is 9.59 Å². The number of nitrogens with zero attached hydrogens (tertiary/aromatic N) is 4. The van der Waals surface area contributed by atoms with Crippen LogP contribution in [0.1, 0.15) is 30.0 Å². The van der Waals surface area contributed by atoms with Gasteiger partial charge in [-0.05, 0) is 26.3 Å². The van der Waals surface area contributed by atoms with E-state index in [1.54, 1.807) is 0 Å². The summed E-state index contributed by atoms with van der Waals surface area (Å²) < 4.78 is 6.20. The molecule has 3 rings (SSSR count). The van der Waals surface area contributed by atoms with Crippen molar-refractivity contribution in [1.29, 1.82) is 0 Å². The normalized spacial score (nSPS) is 19.5. The summed E-state index contributed by atoms with van der Waals surface area (Å²) in [6, 6.07) is 1.25. The molecule has 0 amide bonds. The highest BCUT2D eigenvalue weighted by molar-refractivity contribution is 7.16. The maximum absolute atomic E-state index is 12.1. The molecule has 3 heterocycles. The van der Waals surface area contributed by atoms with Crippen LogP contribution >= 0.6 is 11.3 Å². The van der Waals surface area contributed by atoms with Crippen LogP contribution in [0.3, 0.4) is 0 Å². The average molecular weight is 322 g/mol. The maximum atomic E-state index is 12.1. The predicted molar refractivity (Wildman–Crippen MR) is 81.9 cm³/mol. The molecule has 0 radical (unpaired) electrons. The molecule has 7 nitrogen and oxygen atoms in total. The molecule has 1 aliphatic rings. The van der Waals surface area contributed by atoms with Crippen molar-refractivity contribution in [3.05, 3.63) is 27.1 Å². The summed E-state index contributed by atoms with van der Waals surface area (Å²) in [5.41, 5.74) is 0.487. The van der Waals surface area contributed by atoms with Gasteiger partial charge >= 0.3 is 5.97 Å². The summed E-state index contributed by atoms with van der Waals surface area (Å²) in [6.45, 7) is 3.13. The van der Waals surface area contributed by atoms with Gasteiger partial charge in [-0.15, -0.1) is 0 Å². The molecule has 0 aliphatic carbocycles. The lowest BCUT2D eigenvalue weighted by Crippen LogP contribution is -2.44. The molecular weight excluding hydrogens is 304 g/mol. The highest BCUT2D eigenvalue weighted by Crippen LogP contribution is 2.20. The molecule has 8 heteroatoms. The maximum Gasteiger partial charge on any atom is 0.323 e. The topological polar surface area (TPSA) is 76.8 Å². The van der Waals surface area contributed by atoms with Gasteiger partial charge in [-0.2, -0.15) is 9.61 Å². The molecule has 1 atom stereocenters. The molecule has 0 bridgehead atoms. The minimum absolute atomic E-state index is 0.184. The van der Waals surface area contributed by atoms with Gasteiger partial charge < -0.3 is 4.74 Å². The molecule has 2 aromatic rings. The number of carbonyl (C=O) groups is 1. The molecule has 0 N–H and O–H groups in total. The third kappa shape index (κ3) is 2.89. The van der Waals surface area contributed by atoms with Crippen molar-refractivity contribution < 1.29 is 9.53 Å². The second-order valence-corrected chi connectivity index (χ2v) is 6.57. The van der Waals surface area contributed by atoms with Crippen LogP contribution in [-0.4, -0.2) is 45.2 Å². The summed E-state index contributed by atoms with van der Waals surface area (Å²) in [6.07, 6.45) is 2.83. The van der Waals surface area contributed by atoms with Crippen LogP contribution in [-0.2, 0) is 16.1 Å². The lowest BCUT2D eigenvalue weighted by atomic mass is 10.0. The van der Waals surface area contributed by atoms with E-state index < -0.39 is 0 Å². The lowest BCUT2D eigenvalue weighted by molar-refractivity contribution is -0.148. The summed E-state index contributed by atoms with van der Waals surface area (Å²) in [4.78, 5) is 31.1. The first kappa shape index (κ1) is 15.1. The van der Waals surface area contributed by atoms with E-state index in [2.05, 4.69) is 10.1 Å². The SMILES string of the molecule is COC(=O)C1CCCCN1Cc1cc(=O)n2nc(C)sc2n1. The number of ether oxygens (including phenoxy) is 1. The molecule has 1 unspecified atom stereocenters. The Morgan fingerprint density at radius 2 is 2.32 bits per heavy atom. The second-order valence-electron chi connectivity index (χ2n) is 5.41. The van der Waals surface area contributed by atoms with Gasteiger partial charge in [0.1, 0.15) is 11.0 Å². The Morgan fingerprint density at radius 1 is 1.50 bits per heavy atom. The Morgan fingerprint density at radius 3 is 3.09 bits per heavy atom. The highest BCUT2D eigenvalue weighted by atomic mass is 32.1. The smallest absolute Gasteiger partial charge is 0.323 e. The standard InChI is InChI=1S/C14H18N4O3S/c1-9-16-18-12(19)7-10(15-14(18)22-9)8-17-6-4-3-5-11(17)13(20)21-2/h7,11H,3-6,8H2,1-2H3. The predicted octanol–water partition coefficient (Wildman–Crippen LogP) is 0.987. The molecule has 0 spiro atoms. The molecular formula is C14H18N4O3S. The van der Waals surface area contributed by atoms with Crippen LogP contribution in [0.5, 0.6) is 0 Å². The van der Waals surface area contributed by atoms with E-state index in [1.807, 2.05) is 11.8 Å². The van der Waals surface area contributed by atoms with Crippen LogP contribution in [0.25, 0.3) is 4.96 Å². The number of aromatic nitrogens is 3. The van der Waals surface area contributed by atoms with Gasteiger partial charge in [0.2, 0.25) is 4.96 Å². The highest BCUT2D eigenvalue weighted by Gasteiger charge is 2.29. The molecule has 2 aromatic heterocycles. The minimum atomic E-state index is -0.248. The first-order valence-corrected chi connectivity index (χ1v) is 8.08. The van der Waals surface area contributed by atoms with E-state index in [1.165, 1.54) is 29.0 Å². The quantitative estimate of drug-likeness (QED) is 0.784. The zero-order valence-corrected chi connectivity index (χ0v) is 13.4. The molecule has 0 aromatic carbocycles. The van der Waals surface area contributed by atoms with Gasteiger partial charge in [0, 0.05) is 12.6 Å². The Balaban J connectivity index is 1.87. The fraction of sp³-hybridized carbons (Fsp3) is 0.571. The van der Waals surface area contributed by atoms with Gasteiger partial charge in [0.25, 0.3) is 5.56 Å². The number of likely N-dealkylation sites (tertiary alicyclic amines) is 1. The van der Waals surface area contributed by atoms with E-state index >= 15 is 0 Å². The van der Waals surface area contributed by atoms with Crippen molar-refractivity contribution in [1.82, 2.24) is 19.5 Å². The van der Waals surface area contributed by atoms with Crippen molar-refractivity contribution >= 4 is 22.3 Å². The molecule has 1 aliphatic heterocycles. The van der Waals surface area contributed by atoms with Gasteiger partial charge in [0.15, 0.2) is 0 Å². The van der Waals surface area contributed by atoms with Crippen LogP contribution < -0.4 is 5.56 Å². The molecule has 0 saturated carbocycles. The van der Waals surface area contributed by atoms with Gasteiger partial charge in [-0.25, -0.2) is 4.98 Å². The monoisotopic (exact) mass is 322 g/mol. The molecule has 22 heavy (non-hydrogen) atoms. The summed E-state index contributed by atoms with van der Waals surface area (Å²) >= 11 is 1.38. The summed E-state index contributed by atoms with van der Waals surface area (Å²) in [5.74, 6) is -0.217. The largest absolute Gasteiger partial charge is 0.468 e. The van der Waals surface area contributed by atoms with E-state index in [4.69, 9.17) is 4.74 Å². The molecule has 1 saturated heterocycles. The van der Waals surface area contributed by atoms with Crippen LogP contribution in [0.15, 0.2) is 10.9 Å². The fourth-order valence-corrected chi connectivity index (χ4v) is 3.59. The lowest BCUT2D eigenvalue weighted by Gasteiger charge is -2.33. The number of piperidine rings is 1. The molecule has 1 fully saturated rings. The Labute approximate surface area is 131 Å². The van der Waals surface area contributed by atoms with Crippen molar-refractivity contribution in [2.45, 2.75) is 38.8 Å². The third-order valence-corrected chi connectivity index (χ3v) is 4.67. The first-order valence-electron chi connectivity index (χ1n) is 7.27. The molecule has 118 valence electrons. The zero-order valence-electron chi connectivity index (χ0n) is 12.6. The number of aryl methyl sites for hydroxylation is 1. The van der Waals surface area contributed by atoms with Crippen LogP contribution in [0.4, 0.5) is 0 Å². The van der Waals surface area contributed by atoms with Crippen molar-refractivity contribution in [3.63, 3.8) is 0 Å². The van der Waals surface area contributed by atoms with Gasteiger partial charge in [-0.1, -0.05) is 17.8 Å². The third-order valence-electron chi connectivity index (χ3n) is 3.85. The van der Waals surface area contributed by atoms with Crippen molar-refractivity contribution in [3.8, 4) is 0 Å². The van der Waals surface area contributed by atoms with Gasteiger partial charge in [0.05, 0.1) is 12.8 Å². The summed E-state index contributed by atoms with van der Waals surface area (Å²) in [5, 5.41) is 4.93. The summed E-state index contributed by atoms with van der Waals surface area (Å²) in [7, 11) is 1.41. The average Bonchev–Trinajstić information content (AvgIpc) is 2.88. The zero-order chi connectivity index (χ0) is 15.7. The Bertz CT molecular complexity index is 754. The number of esters is 1. The first-order chi connectivity index (χ1) is 10.6. The van der Waals surface area contributed by atoms with Gasteiger partial charge in [-0.3, -0.25) is 14.5 Å². The number of hydrogen-bond acceptors (Lipinski definition) is 7. The Kier molecular flexibility index (Phi) is 4.21. The van der Waals surface area contributed by atoms with E-state index in [0.29, 0.717) is 17.2 Å². The van der Waals surface area contributed by atoms with Crippen LogP contribution in [0.2, 0.25) is 0 Å². The Hall–Kier alpha value is -1.80. The fourth-order valence-electron chi connectivity index (χ4n) is 2.82. The second kappa shape index (κ2) is 6.13. The van der Waals surface area contributed by atoms with Crippen molar-refractivity contribution in [2.75, 3.05) is 13.7 Å². The van der Waals surface area contributed by atoms with E-state index in [-0.39, 0.29) is 17.6 Å². The van der Waals surface area contributed by atoms with Crippen LogP contribution in [0, 0.1) is 6.92 Å². The number of rotatable bonds is 3. The van der Waals surface area contributed by atoms with E-state index in [0.717, 1.165) is 30.8 Å². The number of carbonyl (C=O) groups excluding carboxylic acids is 1. The number of hydrogen-bond donors (Lipinski definition) is 0. The number of methoxy groups -OCH3 is 1.